The van der Waals surface area contributed by atoms with Gasteiger partial charge in [-0.25, -0.2) is 4.99 Å². The van der Waals surface area contributed by atoms with E-state index in [4.69, 9.17) is 9.47 Å². The van der Waals surface area contributed by atoms with E-state index in [0.29, 0.717) is 55.8 Å². The molecule has 204 valence electrons. The largest absolute Gasteiger partial charge is 0.500 e. The van der Waals surface area contributed by atoms with Crippen LogP contribution in [0, 0.1) is 12.8 Å². The molecule has 1 aromatic carbocycles. The fraction of sp³-hybridized carbons (Fsp3) is 0.467. The van der Waals surface area contributed by atoms with Gasteiger partial charge in [-0.1, -0.05) is 18.2 Å². The maximum atomic E-state index is 13.8. The molecule has 3 heterocycles. The number of aryl methyl sites for hydroxylation is 1. The smallest absolute Gasteiger partial charge is 0.270 e. The first-order valence-electron chi connectivity index (χ1n) is 13.8. The Morgan fingerprint density at radius 1 is 1.13 bits per heavy atom. The lowest BCUT2D eigenvalue weighted by Gasteiger charge is -2.31. The first-order valence-corrected chi connectivity index (χ1v) is 13.8. The molecule has 9 heteroatoms. The van der Waals surface area contributed by atoms with E-state index in [9.17, 15) is 14.4 Å². The first kappa shape index (κ1) is 25.6. The Labute approximate surface area is 228 Å². The highest BCUT2D eigenvalue weighted by Gasteiger charge is 2.38. The zero-order chi connectivity index (χ0) is 27.1. The van der Waals surface area contributed by atoms with Crippen molar-refractivity contribution in [3.05, 3.63) is 64.5 Å². The maximum Gasteiger partial charge on any atom is 0.270 e. The minimum atomic E-state index is -0.494. The van der Waals surface area contributed by atoms with E-state index >= 15 is 0 Å². The van der Waals surface area contributed by atoms with Crippen molar-refractivity contribution >= 4 is 29.1 Å². The number of hydrogen-bond acceptors (Lipinski definition) is 6. The van der Waals surface area contributed by atoms with Crippen molar-refractivity contribution in [1.29, 1.82) is 0 Å². The summed E-state index contributed by atoms with van der Waals surface area (Å²) in [6.07, 6.45) is 9.63. The number of carbonyl (C=O) groups is 3. The van der Waals surface area contributed by atoms with Crippen molar-refractivity contribution in [2.75, 3.05) is 51.4 Å². The minimum absolute atomic E-state index is 0.0581. The highest BCUT2D eigenvalue weighted by molar-refractivity contribution is 6.18. The Balaban J connectivity index is 1.23. The molecule has 0 aromatic heterocycles. The second-order valence-electron chi connectivity index (χ2n) is 10.8. The van der Waals surface area contributed by atoms with Gasteiger partial charge in [0, 0.05) is 43.9 Å². The van der Waals surface area contributed by atoms with Crippen LogP contribution in [0.5, 0.6) is 0 Å². The second-order valence-corrected chi connectivity index (χ2v) is 10.8. The zero-order valence-electron chi connectivity index (χ0n) is 22.4. The average Bonchev–Trinajstić information content (AvgIpc) is 3.70. The number of benzene rings is 1. The number of carbonyl (C=O) groups excluding carboxylic acids is 3. The molecule has 3 fully saturated rings. The van der Waals surface area contributed by atoms with Crippen LogP contribution in [0.15, 0.2) is 52.8 Å². The molecule has 39 heavy (non-hydrogen) atoms. The van der Waals surface area contributed by atoms with Crippen LogP contribution < -0.4 is 10.2 Å². The van der Waals surface area contributed by atoms with E-state index < -0.39 is 11.8 Å². The number of ether oxygens (including phenoxy) is 2. The molecular formula is C30H34N4O5. The Morgan fingerprint density at radius 3 is 2.67 bits per heavy atom. The van der Waals surface area contributed by atoms with Gasteiger partial charge in [0.25, 0.3) is 11.8 Å². The van der Waals surface area contributed by atoms with Crippen molar-refractivity contribution < 1.29 is 23.9 Å². The molecule has 0 radical (unpaired) electrons. The quantitative estimate of drug-likeness (QED) is 0.607. The third kappa shape index (κ3) is 4.91. The van der Waals surface area contributed by atoms with Crippen LogP contribution >= 0.6 is 0 Å². The van der Waals surface area contributed by atoms with Crippen LogP contribution in [0.2, 0.25) is 0 Å². The lowest BCUT2D eigenvalue weighted by Crippen LogP contribution is -2.43. The molecule has 1 N–H and O–H groups in total. The van der Waals surface area contributed by atoms with Gasteiger partial charge in [-0.05, 0) is 55.4 Å². The number of methoxy groups -OCH3 is 1. The summed E-state index contributed by atoms with van der Waals surface area (Å²) in [6.45, 7) is 5.64. The highest BCUT2D eigenvalue weighted by atomic mass is 16.5. The van der Waals surface area contributed by atoms with Crippen molar-refractivity contribution in [3.63, 3.8) is 0 Å². The van der Waals surface area contributed by atoms with E-state index in [-0.39, 0.29) is 17.9 Å². The Morgan fingerprint density at radius 2 is 1.92 bits per heavy atom. The summed E-state index contributed by atoms with van der Waals surface area (Å²) in [4.78, 5) is 47.8. The van der Waals surface area contributed by atoms with Gasteiger partial charge in [0.05, 0.1) is 43.2 Å². The van der Waals surface area contributed by atoms with Gasteiger partial charge < -0.3 is 24.6 Å². The molecule has 3 aliphatic heterocycles. The van der Waals surface area contributed by atoms with Crippen molar-refractivity contribution in [3.8, 4) is 0 Å². The third-order valence-corrected chi connectivity index (χ3v) is 8.22. The molecule has 1 saturated carbocycles. The average molecular weight is 531 g/mol. The number of rotatable bonds is 6. The van der Waals surface area contributed by atoms with Gasteiger partial charge in [-0.15, -0.1) is 0 Å². The van der Waals surface area contributed by atoms with Crippen LogP contribution in [0.4, 0.5) is 5.69 Å². The lowest BCUT2D eigenvalue weighted by molar-refractivity contribution is -0.119. The SMILES string of the molecule is COC1=CC=CC2=NC(=O)C=C(C(=O)N[C@@H]3CCN(c4c(C5CC5)ccc(C)c4C(=O)N4CCOCC4)C3)C12. The number of aliphatic imine (C=N–C) groups is 1. The summed E-state index contributed by atoms with van der Waals surface area (Å²) in [5.41, 5.74) is 4.86. The summed E-state index contributed by atoms with van der Waals surface area (Å²) in [5.74, 6) is -0.115. The van der Waals surface area contributed by atoms with Crippen LogP contribution in [0.25, 0.3) is 0 Å². The minimum Gasteiger partial charge on any atom is -0.500 e. The van der Waals surface area contributed by atoms with Crippen LogP contribution in [0.1, 0.15) is 46.7 Å². The van der Waals surface area contributed by atoms with E-state index in [2.05, 4.69) is 27.3 Å². The predicted molar refractivity (Wildman–Crippen MR) is 147 cm³/mol. The van der Waals surface area contributed by atoms with E-state index in [1.807, 2.05) is 11.8 Å². The van der Waals surface area contributed by atoms with Crippen LogP contribution in [-0.4, -0.2) is 80.9 Å². The van der Waals surface area contributed by atoms with E-state index in [1.54, 1.807) is 25.3 Å². The molecule has 0 bridgehead atoms. The van der Waals surface area contributed by atoms with Gasteiger partial charge in [0.2, 0.25) is 5.91 Å². The van der Waals surface area contributed by atoms with Crippen LogP contribution in [0.3, 0.4) is 0 Å². The zero-order valence-corrected chi connectivity index (χ0v) is 22.4. The Kier molecular flexibility index (Phi) is 6.85. The summed E-state index contributed by atoms with van der Waals surface area (Å²) < 4.78 is 11.0. The molecule has 2 aliphatic carbocycles. The van der Waals surface area contributed by atoms with Crippen molar-refractivity contribution in [1.82, 2.24) is 10.2 Å². The summed E-state index contributed by atoms with van der Waals surface area (Å²) >= 11 is 0. The molecule has 2 atom stereocenters. The van der Waals surface area contributed by atoms with Crippen molar-refractivity contribution in [2.24, 2.45) is 10.9 Å². The van der Waals surface area contributed by atoms with Gasteiger partial charge in [0.1, 0.15) is 5.76 Å². The van der Waals surface area contributed by atoms with Gasteiger partial charge in [-0.2, -0.15) is 0 Å². The maximum absolute atomic E-state index is 13.8. The van der Waals surface area contributed by atoms with Crippen molar-refractivity contribution in [2.45, 2.75) is 38.1 Å². The molecular weight excluding hydrogens is 496 g/mol. The molecule has 3 amide bonds. The lowest BCUT2D eigenvalue weighted by atomic mass is 9.85. The van der Waals surface area contributed by atoms with E-state index in [0.717, 1.165) is 42.6 Å². The number of morpholine rings is 1. The van der Waals surface area contributed by atoms with Crippen LogP contribution in [-0.2, 0) is 19.1 Å². The molecule has 1 unspecified atom stereocenters. The topological polar surface area (TPSA) is 101 Å². The molecule has 1 aromatic rings. The molecule has 9 nitrogen and oxygen atoms in total. The number of dihydropyridines is 1. The number of nitrogens with zero attached hydrogens (tertiary/aromatic N) is 3. The summed E-state index contributed by atoms with van der Waals surface area (Å²) in [5, 5.41) is 3.16. The molecule has 6 rings (SSSR count). The van der Waals surface area contributed by atoms with Gasteiger partial charge >= 0.3 is 0 Å². The summed E-state index contributed by atoms with van der Waals surface area (Å²) in [7, 11) is 1.55. The second kappa shape index (κ2) is 10.4. The fourth-order valence-corrected chi connectivity index (χ4v) is 6.07. The number of hydrogen-bond donors (Lipinski definition) is 1. The number of nitrogens with one attached hydrogen (secondary N) is 1. The normalized spacial score (nSPS) is 24.6. The fourth-order valence-electron chi connectivity index (χ4n) is 6.07. The number of fused-ring (bicyclic) bond motifs is 1. The Hall–Kier alpha value is -3.72. The number of allylic oxidation sites excluding steroid dienone is 4. The standard InChI is InChI=1S/C30H34N4O5/c1-18-6-9-21(19-7-8-19)28(26(18)30(37)33-12-14-39-15-13-33)34-11-10-20(17-34)31-29(36)22-16-25(35)32-23-4-3-5-24(38-2)27(22)23/h3-6,9,16,19-20,27H,7-8,10-15,17H2,1-2H3,(H,31,36)/t20-,27?/m1/s1. The third-order valence-electron chi connectivity index (χ3n) is 8.22. The molecule has 2 saturated heterocycles. The van der Waals surface area contributed by atoms with Gasteiger partial charge in [-0.3, -0.25) is 14.4 Å². The number of anilines is 1. The number of amides is 3. The first-order chi connectivity index (χ1) is 18.9. The predicted octanol–water partition coefficient (Wildman–Crippen LogP) is 2.66. The Bertz CT molecular complexity index is 1330. The molecule has 5 aliphatic rings. The highest BCUT2D eigenvalue weighted by Crippen LogP contribution is 2.47. The summed E-state index contributed by atoms with van der Waals surface area (Å²) in [6, 6.07) is 4.13. The van der Waals surface area contributed by atoms with Gasteiger partial charge in [0.15, 0.2) is 0 Å². The van der Waals surface area contributed by atoms with E-state index in [1.165, 1.54) is 11.6 Å². The molecule has 0 spiro atoms. The monoisotopic (exact) mass is 530 g/mol.